The Balaban J connectivity index is 1.85. The Morgan fingerprint density at radius 2 is 2.00 bits per heavy atom. The summed E-state index contributed by atoms with van der Waals surface area (Å²) in [5, 5.41) is 4.67. The van der Waals surface area contributed by atoms with E-state index in [1.807, 2.05) is 42.6 Å². The van der Waals surface area contributed by atoms with E-state index in [4.69, 9.17) is 28.6 Å². The predicted molar refractivity (Wildman–Crippen MR) is 121 cm³/mol. The highest BCUT2D eigenvalue weighted by Gasteiger charge is 2.42. The van der Waals surface area contributed by atoms with Crippen molar-refractivity contribution in [2.45, 2.75) is 32.0 Å². The van der Waals surface area contributed by atoms with Crippen molar-refractivity contribution in [1.82, 2.24) is 14.9 Å². The molecule has 4 rings (SSSR count). The largest absolute Gasteiger partial charge is 0.495 e. The Hall–Kier alpha value is -2.57. The highest BCUT2D eigenvalue weighted by atomic mass is 35.5. The molecule has 0 unspecified atom stereocenters. The number of aromatic nitrogens is 2. The van der Waals surface area contributed by atoms with Crippen LogP contribution in [0.15, 0.2) is 60.9 Å². The van der Waals surface area contributed by atoms with Gasteiger partial charge in [0.1, 0.15) is 11.8 Å². The molecular formula is C22H23ClN4OS. The third-order valence-electron chi connectivity index (χ3n) is 5.18. The molecule has 29 heavy (non-hydrogen) atoms. The third-order valence-corrected chi connectivity index (χ3v) is 5.79. The molecule has 1 saturated heterocycles. The number of pyridine rings is 1. The standard InChI is InChI=1S/C22H23ClN4OS/c1-14(2)26-12-6-8-18(26)21-20(17-7-4-5-11-24-17)25-22(29)27(21)15-9-10-19(28-3)16(23)13-15/h4-14,20-21H,1-3H3,(H,25,29)/t20-,21+/m0/s1. The van der Waals surface area contributed by atoms with Gasteiger partial charge in [-0.05, 0) is 68.5 Å². The first-order chi connectivity index (χ1) is 14.0. The van der Waals surface area contributed by atoms with Crippen molar-refractivity contribution >= 4 is 34.6 Å². The van der Waals surface area contributed by atoms with Crippen LogP contribution in [0.3, 0.4) is 0 Å². The van der Waals surface area contributed by atoms with Gasteiger partial charge in [-0.1, -0.05) is 17.7 Å². The minimum absolute atomic E-state index is 0.0701. The third kappa shape index (κ3) is 3.58. The van der Waals surface area contributed by atoms with E-state index in [1.54, 1.807) is 7.11 Å². The number of ether oxygens (including phenoxy) is 1. The summed E-state index contributed by atoms with van der Waals surface area (Å²) in [6, 6.07) is 16.1. The highest BCUT2D eigenvalue weighted by Crippen LogP contribution is 2.43. The first-order valence-electron chi connectivity index (χ1n) is 9.52. The number of hydrogen-bond donors (Lipinski definition) is 1. The average Bonchev–Trinajstić information content (AvgIpc) is 3.33. The fourth-order valence-electron chi connectivity index (χ4n) is 3.87. The van der Waals surface area contributed by atoms with Crippen LogP contribution in [0, 0.1) is 0 Å². The number of methoxy groups -OCH3 is 1. The molecule has 7 heteroatoms. The lowest BCUT2D eigenvalue weighted by Crippen LogP contribution is -2.30. The Morgan fingerprint density at radius 3 is 2.66 bits per heavy atom. The number of nitrogens with one attached hydrogen (secondary N) is 1. The molecule has 1 aliphatic heterocycles. The molecule has 0 radical (unpaired) electrons. The van der Waals surface area contributed by atoms with Crippen molar-refractivity contribution in [2.75, 3.05) is 12.0 Å². The molecule has 5 nitrogen and oxygen atoms in total. The fourth-order valence-corrected chi connectivity index (χ4v) is 4.46. The zero-order valence-electron chi connectivity index (χ0n) is 16.5. The summed E-state index contributed by atoms with van der Waals surface area (Å²) >= 11 is 12.2. The lowest BCUT2D eigenvalue weighted by atomic mass is 10.0. The molecule has 0 amide bonds. The monoisotopic (exact) mass is 426 g/mol. The normalized spacial score (nSPS) is 18.9. The van der Waals surface area contributed by atoms with Crippen LogP contribution in [0.2, 0.25) is 5.02 Å². The summed E-state index contributed by atoms with van der Waals surface area (Å²) < 4.78 is 7.59. The SMILES string of the molecule is COc1ccc(N2C(=S)N[C@@H](c3ccccn3)[C@H]2c2cccn2C(C)C)cc1Cl. The maximum absolute atomic E-state index is 6.43. The van der Waals surface area contributed by atoms with E-state index in [9.17, 15) is 0 Å². The summed E-state index contributed by atoms with van der Waals surface area (Å²) in [5.41, 5.74) is 3.02. The molecule has 1 N–H and O–H groups in total. The molecule has 1 fully saturated rings. The van der Waals surface area contributed by atoms with Gasteiger partial charge >= 0.3 is 0 Å². The lowest BCUT2D eigenvalue weighted by Gasteiger charge is -2.30. The number of hydrogen-bond acceptors (Lipinski definition) is 3. The Kier molecular flexibility index (Phi) is 5.48. The van der Waals surface area contributed by atoms with Gasteiger partial charge in [0.25, 0.3) is 0 Å². The topological polar surface area (TPSA) is 42.3 Å². The molecule has 2 aromatic heterocycles. The maximum Gasteiger partial charge on any atom is 0.174 e. The first kappa shape index (κ1) is 19.7. The van der Waals surface area contributed by atoms with Gasteiger partial charge in [0.15, 0.2) is 5.11 Å². The molecule has 0 aliphatic carbocycles. The number of nitrogens with zero attached hydrogens (tertiary/aromatic N) is 3. The van der Waals surface area contributed by atoms with Crippen LogP contribution in [-0.2, 0) is 0 Å². The second-order valence-electron chi connectivity index (χ2n) is 7.25. The van der Waals surface area contributed by atoms with Gasteiger partial charge in [0.05, 0.1) is 23.9 Å². The zero-order chi connectivity index (χ0) is 20.5. The molecular weight excluding hydrogens is 404 g/mol. The van der Waals surface area contributed by atoms with Crippen LogP contribution in [-0.4, -0.2) is 21.8 Å². The molecule has 1 aromatic carbocycles. The molecule has 0 spiro atoms. The van der Waals surface area contributed by atoms with Gasteiger partial charge in [0.2, 0.25) is 0 Å². The van der Waals surface area contributed by atoms with E-state index >= 15 is 0 Å². The van der Waals surface area contributed by atoms with Crippen LogP contribution >= 0.6 is 23.8 Å². The van der Waals surface area contributed by atoms with Gasteiger partial charge in [-0.3, -0.25) is 4.98 Å². The summed E-state index contributed by atoms with van der Waals surface area (Å²) in [7, 11) is 1.61. The van der Waals surface area contributed by atoms with Crippen LogP contribution in [0.4, 0.5) is 5.69 Å². The minimum atomic E-state index is -0.0861. The van der Waals surface area contributed by atoms with Crippen molar-refractivity contribution in [2.24, 2.45) is 0 Å². The molecule has 2 atom stereocenters. The van der Waals surface area contributed by atoms with Gasteiger partial charge in [0, 0.05) is 29.8 Å². The predicted octanol–water partition coefficient (Wildman–Crippen LogP) is 5.30. The Bertz CT molecular complexity index is 1020. The second-order valence-corrected chi connectivity index (χ2v) is 8.04. The molecule has 0 saturated carbocycles. The van der Waals surface area contributed by atoms with Crippen molar-refractivity contribution < 1.29 is 4.74 Å². The van der Waals surface area contributed by atoms with E-state index in [2.05, 4.69) is 51.9 Å². The zero-order valence-corrected chi connectivity index (χ0v) is 18.1. The number of anilines is 1. The number of rotatable bonds is 5. The van der Waals surface area contributed by atoms with E-state index in [-0.39, 0.29) is 12.1 Å². The Labute approximate surface area is 181 Å². The van der Waals surface area contributed by atoms with Gasteiger partial charge < -0.3 is 19.5 Å². The van der Waals surface area contributed by atoms with Gasteiger partial charge in [-0.2, -0.15) is 0 Å². The van der Waals surface area contributed by atoms with E-state index in [1.165, 1.54) is 0 Å². The second kappa shape index (κ2) is 8.05. The summed E-state index contributed by atoms with van der Waals surface area (Å²) in [4.78, 5) is 6.72. The summed E-state index contributed by atoms with van der Waals surface area (Å²) in [6.07, 6.45) is 3.92. The van der Waals surface area contributed by atoms with E-state index in [0.29, 0.717) is 21.9 Å². The molecule has 150 valence electrons. The average molecular weight is 427 g/mol. The first-order valence-corrected chi connectivity index (χ1v) is 10.3. The molecule has 1 aliphatic rings. The molecule has 0 bridgehead atoms. The smallest absolute Gasteiger partial charge is 0.174 e. The summed E-state index contributed by atoms with van der Waals surface area (Å²) in [6.45, 7) is 4.35. The number of halogens is 1. The van der Waals surface area contributed by atoms with Crippen molar-refractivity contribution in [3.63, 3.8) is 0 Å². The molecule has 3 aromatic rings. The molecule has 3 heterocycles. The fraction of sp³-hybridized carbons (Fsp3) is 0.273. The van der Waals surface area contributed by atoms with E-state index in [0.717, 1.165) is 17.1 Å². The summed E-state index contributed by atoms with van der Waals surface area (Å²) in [5.74, 6) is 0.636. The van der Waals surface area contributed by atoms with E-state index < -0.39 is 0 Å². The Morgan fingerprint density at radius 1 is 1.17 bits per heavy atom. The van der Waals surface area contributed by atoms with Crippen LogP contribution < -0.4 is 15.0 Å². The number of thiocarbonyl (C=S) groups is 1. The highest BCUT2D eigenvalue weighted by molar-refractivity contribution is 7.80. The van der Waals surface area contributed by atoms with Crippen LogP contribution in [0.5, 0.6) is 5.75 Å². The quantitative estimate of drug-likeness (QED) is 0.560. The van der Waals surface area contributed by atoms with Gasteiger partial charge in [-0.15, -0.1) is 0 Å². The minimum Gasteiger partial charge on any atom is -0.495 e. The number of benzene rings is 1. The lowest BCUT2D eigenvalue weighted by molar-refractivity contribution is 0.415. The van der Waals surface area contributed by atoms with Crippen molar-refractivity contribution in [3.05, 3.63) is 77.3 Å². The van der Waals surface area contributed by atoms with Crippen molar-refractivity contribution in [3.8, 4) is 5.75 Å². The van der Waals surface area contributed by atoms with Crippen LogP contribution in [0.25, 0.3) is 0 Å². The van der Waals surface area contributed by atoms with Gasteiger partial charge in [-0.25, -0.2) is 0 Å². The maximum atomic E-state index is 6.43. The van der Waals surface area contributed by atoms with Crippen molar-refractivity contribution in [1.29, 1.82) is 0 Å². The van der Waals surface area contributed by atoms with Crippen LogP contribution in [0.1, 0.15) is 43.4 Å².